The van der Waals surface area contributed by atoms with Gasteiger partial charge in [-0.05, 0) is 45.2 Å². The van der Waals surface area contributed by atoms with Crippen molar-refractivity contribution in [1.82, 2.24) is 4.90 Å². The normalized spacial score (nSPS) is 16.7. The van der Waals surface area contributed by atoms with Gasteiger partial charge in [-0.25, -0.2) is 0 Å². The molecule has 0 N–H and O–H groups in total. The molecule has 18 heavy (non-hydrogen) atoms. The van der Waals surface area contributed by atoms with Gasteiger partial charge in [-0.2, -0.15) is 0 Å². The van der Waals surface area contributed by atoms with Crippen LogP contribution in [0.5, 0.6) is 5.75 Å². The molecule has 0 spiro atoms. The molecule has 3 heteroatoms. The highest BCUT2D eigenvalue weighted by molar-refractivity contribution is 5.81. The van der Waals surface area contributed by atoms with Crippen molar-refractivity contribution in [3.05, 3.63) is 29.3 Å². The molecule has 3 nitrogen and oxygen atoms in total. The number of amides is 1. The number of carbonyl (C=O) groups is 1. The molecular weight excluding hydrogens is 226 g/mol. The van der Waals surface area contributed by atoms with E-state index >= 15 is 0 Å². The van der Waals surface area contributed by atoms with Gasteiger partial charge in [0.15, 0.2) is 6.10 Å². The van der Waals surface area contributed by atoms with Crippen LogP contribution in [0.3, 0.4) is 0 Å². The van der Waals surface area contributed by atoms with Gasteiger partial charge < -0.3 is 9.64 Å². The molecular formula is C15H21NO2. The summed E-state index contributed by atoms with van der Waals surface area (Å²) in [5.74, 6) is 0.910. The minimum absolute atomic E-state index is 0.104. The van der Waals surface area contributed by atoms with Crippen molar-refractivity contribution in [2.45, 2.75) is 39.7 Å². The van der Waals surface area contributed by atoms with E-state index in [1.54, 1.807) is 0 Å². The van der Waals surface area contributed by atoms with E-state index in [4.69, 9.17) is 4.74 Å². The molecule has 0 bridgehead atoms. The average Bonchev–Trinajstić information content (AvgIpc) is 2.85. The minimum Gasteiger partial charge on any atom is -0.481 e. The Morgan fingerprint density at radius 1 is 1.28 bits per heavy atom. The number of benzene rings is 1. The van der Waals surface area contributed by atoms with E-state index in [1.807, 2.05) is 30.9 Å². The molecule has 1 amide bonds. The van der Waals surface area contributed by atoms with Crippen LogP contribution in [0.25, 0.3) is 0 Å². The summed E-state index contributed by atoms with van der Waals surface area (Å²) >= 11 is 0. The van der Waals surface area contributed by atoms with Crippen molar-refractivity contribution in [3.8, 4) is 5.75 Å². The Balaban J connectivity index is 2.01. The highest BCUT2D eigenvalue weighted by Gasteiger charge is 2.24. The van der Waals surface area contributed by atoms with Crippen LogP contribution in [0.4, 0.5) is 0 Å². The van der Waals surface area contributed by atoms with Gasteiger partial charge in [-0.15, -0.1) is 0 Å². The van der Waals surface area contributed by atoms with E-state index in [2.05, 4.69) is 13.0 Å². The summed E-state index contributed by atoms with van der Waals surface area (Å²) in [4.78, 5) is 14.0. The van der Waals surface area contributed by atoms with Crippen LogP contribution in [0.15, 0.2) is 18.2 Å². The lowest BCUT2D eigenvalue weighted by Gasteiger charge is -2.22. The first-order valence-electron chi connectivity index (χ1n) is 6.60. The van der Waals surface area contributed by atoms with Crippen molar-refractivity contribution in [3.63, 3.8) is 0 Å². The Morgan fingerprint density at radius 2 is 1.94 bits per heavy atom. The molecule has 1 atom stereocenters. The van der Waals surface area contributed by atoms with Gasteiger partial charge in [-0.1, -0.05) is 17.7 Å². The zero-order chi connectivity index (χ0) is 13.1. The number of hydrogen-bond donors (Lipinski definition) is 0. The predicted molar refractivity (Wildman–Crippen MR) is 71.8 cm³/mol. The van der Waals surface area contributed by atoms with Gasteiger partial charge >= 0.3 is 0 Å². The fourth-order valence-electron chi connectivity index (χ4n) is 2.37. The first kappa shape index (κ1) is 12.9. The smallest absolute Gasteiger partial charge is 0.263 e. The van der Waals surface area contributed by atoms with Crippen LogP contribution >= 0.6 is 0 Å². The van der Waals surface area contributed by atoms with Crippen molar-refractivity contribution in [2.24, 2.45) is 0 Å². The molecule has 0 aliphatic carbocycles. The highest BCUT2D eigenvalue weighted by Crippen LogP contribution is 2.21. The van der Waals surface area contributed by atoms with Gasteiger partial charge in [0.1, 0.15) is 5.75 Å². The number of nitrogens with zero attached hydrogens (tertiary/aromatic N) is 1. The largest absolute Gasteiger partial charge is 0.481 e. The molecule has 0 radical (unpaired) electrons. The summed E-state index contributed by atoms with van der Waals surface area (Å²) in [6.45, 7) is 7.64. The summed E-state index contributed by atoms with van der Waals surface area (Å²) < 4.78 is 5.78. The second-order valence-electron chi connectivity index (χ2n) is 5.06. The fraction of sp³-hybridized carbons (Fsp3) is 0.533. The quantitative estimate of drug-likeness (QED) is 0.822. The van der Waals surface area contributed by atoms with Gasteiger partial charge in [0.25, 0.3) is 5.91 Å². The number of carbonyl (C=O) groups excluding carboxylic acids is 1. The fourth-order valence-corrected chi connectivity index (χ4v) is 2.37. The molecule has 0 saturated carbocycles. The van der Waals surface area contributed by atoms with E-state index in [1.165, 1.54) is 5.56 Å². The highest BCUT2D eigenvalue weighted by atomic mass is 16.5. The lowest BCUT2D eigenvalue weighted by atomic mass is 10.1. The molecule has 1 aromatic carbocycles. The lowest BCUT2D eigenvalue weighted by Crippen LogP contribution is -2.38. The molecule has 1 saturated heterocycles. The predicted octanol–water partition coefficient (Wildman–Crippen LogP) is 2.69. The Hall–Kier alpha value is -1.51. The van der Waals surface area contributed by atoms with E-state index in [-0.39, 0.29) is 5.91 Å². The molecule has 1 heterocycles. The van der Waals surface area contributed by atoms with Gasteiger partial charge in [0.2, 0.25) is 0 Å². The van der Waals surface area contributed by atoms with E-state index in [9.17, 15) is 4.79 Å². The Kier molecular flexibility index (Phi) is 3.90. The topological polar surface area (TPSA) is 29.5 Å². The molecule has 1 aromatic rings. The third kappa shape index (κ3) is 2.84. The van der Waals surface area contributed by atoms with Crippen LogP contribution in [0.1, 0.15) is 30.9 Å². The van der Waals surface area contributed by atoms with Crippen LogP contribution in [-0.2, 0) is 4.79 Å². The molecule has 98 valence electrons. The van der Waals surface area contributed by atoms with E-state index in [0.717, 1.165) is 37.2 Å². The molecule has 0 aromatic heterocycles. The number of likely N-dealkylation sites (tertiary alicyclic amines) is 1. The van der Waals surface area contributed by atoms with E-state index < -0.39 is 6.10 Å². The molecule has 1 fully saturated rings. The number of ether oxygens (including phenoxy) is 1. The Morgan fingerprint density at radius 3 is 2.56 bits per heavy atom. The molecule has 1 aliphatic rings. The maximum atomic E-state index is 12.1. The maximum Gasteiger partial charge on any atom is 0.263 e. The zero-order valence-corrected chi connectivity index (χ0v) is 11.4. The SMILES string of the molecule is Cc1ccc(O[C@@H](C)C(=O)N2CCCC2)c(C)c1. The van der Waals surface area contributed by atoms with Gasteiger partial charge in [0, 0.05) is 13.1 Å². The van der Waals surface area contributed by atoms with Crippen molar-refractivity contribution in [1.29, 1.82) is 0 Å². The number of rotatable bonds is 3. The van der Waals surface area contributed by atoms with Crippen LogP contribution < -0.4 is 4.74 Å². The van der Waals surface area contributed by atoms with Crippen LogP contribution in [0.2, 0.25) is 0 Å². The first-order valence-corrected chi connectivity index (χ1v) is 6.60. The van der Waals surface area contributed by atoms with Crippen molar-refractivity contribution >= 4 is 5.91 Å². The Bertz CT molecular complexity index is 436. The maximum absolute atomic E-state index is 12.1. The first-order chi connectivity index (χ1) is 8.58. The van der Waals surface area contributed by atoms with Gasteiger partial charge in [0.05, 0.1) is 0 Å². The summed E-state index contributed by atoms with van der Waals surface area (Å²) in [7, 11) is 0. The molecule has 0 unspecified atom stereocenters. The van der Waals surface area contributed by atoms with Crippen LogP contribution in [0, 0.1) is 13.8 Å². The Labute approximate surface area is 109 Å². The third-order valence-electron chi connectivity index (χ3n) is 3.40. The second kappa shape index (κ2) is 5.42. The average molecular weight is 247 g/mol. The number of hydrogen-bond acceptors (Lipinski definition) is 2. The van der Waals surface area contributed by atoms with Crippen molar-refractivity contribution < 1.29 is 9.53 Å². The van der Waals surface area contributed by atoms with Crippen molar-refractivity contribution in [2.75, 3.05) is 13.1 Å². The summed E-state index contributed by atoms with van der Waals surface area (Å²) in [6, 6.07) is 6.02. The lowest BCUT2D eigenvalue weighted by molar-refractivity contribution is -0.136. The summed E-state index contributed by atoms with van der Waals surface area (Å²) in [5.41, 5.74) is 2.29. The zero-order valence-electron chi connectivity index (χ0n) is 11.4. The molecule has 1 aliphatic heterocycles. The van der Waals surface area contributed by atoms with Crippen LogP contribution in [-0.4, -0.2) is 30.0 Å². The molecule has 2 rings (SSSR count). The summed E-state index contributed by atoms with van der Waals surface area (Å²) in [6.07, 6.45) is 1.83. The number of aryl methyl sites for hydroxylation is 2. The minimum atomic E-state index is -0.399. The third-order valence-corrected chi connectivity index (χ3v) is 3.40. The summed E-state index contributed by atoms with van der Waals surface area (Å²) in [5, 5.41) is 0. The monoisotopic (exact) mass is 247 g/mol. The van der Waals surface area contributed by atoms with E-state index in [0.29, 0.717) is 0 Å². The second-order valence-corrected chi connectivity index (χ2v) is 5.06. The van der Waals surface area contributed by atoms with Gasteiger partial charge in [-0.3, -0.25) is 4.79 Å². The standard InChI is InChI=1S/C15H21NO2/c1-11-6-7-14(12(2)10-11)18-13(3)15(17)16-8-4-5-9-16/h6-7,10,13H,4-5,8-9H2,1-3H3/t13-/m0/s1.